The van der Waals surface area contributed by atoms with Gasteiger partial charge in [-0.25, -0.2) is 4.79 Å². The highest BCUT2D eigenvalue weighted by atomic mass is 19.4. The van der Waals surface area contributed by atoms with E-state index in [1.165, 1.54) is 11.0 Å². The predicted molar refractivity (Wildman–Crippen MR) is 97.6 cm³/mol. The highest BCUT2D eigenvalue weighted by Gasteiger charge is 2.48. The molecule has 0 bridgehead atoms. The molecule has 1 N–H and O–H groups in total. The van der Waals surface area contributed by atoms with Gasteiger partial charge in [0.25, 0.3) is 0 Å². The van der Waals surface area contributed by atoms with Crippen LogP contribution in [0.3, 0.4) is 0 Å². The Hall–Kier alpha value is -2.50. The van der Waals surface area contributed by atoms with E-state index in [1.807, 2.05) is 32.9 Å². The van der Waals surface area contributed by atoms with Crippen molar-refractivity contribution in [1.82, 2.24) is 4.90 Å². The maximum absolute atomic E-state index is 12.9. The van der Waals surface area contributed by atoms with Crippen LogP contribution in [0, 0.1) is 0 Å². The SMILES string of the molecule is CC(C)(C)N(C(=O)O)[C@@H]1C[C@H]1c1ccc(-c2cccc(C(F)(F)F)c2)cc1. The van der Waals surface area contributed by atoms with Gasteiger partial charge in [0.2, 0.25) is 0 Å². The summed E-state index contributed by atoms with van der Waals surface area (Å²) in [6.07, 6.45) is -4.55. The van der Waals surface area contributed by atoms with Crippen LogP contribution < -0.4 is 0 Å². The molecule has 2 aromatic rings. The van der Waals surface area contributed by atoms with Crippen molar-refractivity contribution in [2.75, 3.05) is 0 Å². The van der Waals surface area contributed by atoms with Gasteiger partial charge in [-0.2, -0.15) is 13.2 Å². The third kappa shape index (κ3) is 4.10. The number of carboxylic acid groups (broad SMARTS) is 1. The Labute approximate surface area is 156 Å². The van der Waals surface area contributed by atoms with Crippen LogP contribution in [-0.4, -0.2) is 27.7 Å². The van der Waals surface area contributed by atoms with Crippen LogP contribution >= 0.6 is 0 Å². The van der Waals surface area contributed by atoms with Gasteiger partial charge in [-0.1, -0.05) is 36.4 Å². The van der Waals surface area contributed by atoms with Gasteiger partial charge in [0.15, 0.2) is 0 Å². The quantitative estimate of drug-likeness (QED) is 0.712. The minimum atomic E-state index is -4.37. The van der Waals surface area contributed by atoms with E-state index in [0.29, 0.717) is 11.1 Å². The molecule has 1 aliphatic carbocycles. The van der Waals surface area contributed by atoms with Gasteiger partial charge >= 0.3 is 12.3 Å². The maximum Gasteiger partial charge on any atom is 0.416 e. The molecule has 0 unspecified atom stereocenters. The summed E-state index contributed by atoms with van der Waals surface area (Å²) in [5.74, 6) is 0.121. The zero-order chi connectivity index (χ0) is 20.0. The van der Waals surface area contributed by atoms with Crippen LogP contribution in [0.1, 0.15) is 44.2 Å². The summed E-state index contributed by atoms with van der Waals surface area (Å²) >= 11 is 0. The molecule has 1 aliphatic rings. The number of hydrogen-bond acceptors (Lipinski definition) is 1. The molecule has 3 nitrogen and oxygen atoms in total. The van der Waals surface area contributed by atoms with Crippen molar-refractivity contribution in [3.63, 3.8) is 0 Å². The molecule has 2 atom stereocenters. The van der Waals surface area contributed by atoms with Crippen LogP contribution in [0.5, 0.6) is 0 Å². The first-order valence-electron chi connectivity index (χ1n) is 8.78. The Bertz CT molecular complexity index is 838. The first kappa shape index (κ1) is 19.3. The molecule has 0 spiro atoms. The molecule has 0 saturated heterocycles. The fourth-order valence-electron chi connectivity index (χ4n) is 3.55. The Morgan fingerprint density at radius 2 is 1.67 bits per heavy atom. The third-order valence-electron chi connectivity index (χ3n) is 4.88. The van der Waals surface area contributed by atoms with Crippen LogP contribution in [0.2, 0.25) is 0 Å². The van der Waals surface area contributed by atoms with Crippen molar-refractivity contribution in [2.24, 2.45) is 0 Å². The van der Waals surface area contributed by atoms with Crippen molar-refractivity contribution in [2.45, 2.75) is 50.9 Å². The zero-order valence-corrected chi connectivity index (χ0v) is 15.4. The van der Waals surface area contributed by atoms with Gasteiger partial charge in [-0.15, -0.1) is 0 Å². The number of rotatable bonds is 3. The molecule has 144 valence electrons. The average molecular weight is 377 g/mol. The highest BCUT2D eigenvalue weighted by molar-refractivity contribution is 5.68. The molecule has 1 amide bonds. The van der Waals surface area contributed by atoms with E-state index in [0.717, 1.165) is 24.1 Å². The van der Waals surface area contributed by atoms with E-state index >= 15 is 0 Å². The average Bonchev–Trinajstić information content (AvgIpc) is 3.32. The van der Waals surface area contributed by atoms with Crippen LogP contribution in [0.15, 0.2) is 48.5 Å². The highest BCUT2D eigenvalue weighted by Crippen LogP contribution is 2.47. The molecule has 0 radical (unpaired) electrons. The Kier molecular flexibility index (Phi) is 4.70. The molecule has 0 aromatic heterocycles. The summed E-state index contributed by atoms with van der Waals surface area (Å²) in [5, 5.41) is 9.50. The second kappa shape index (κ2) is 6.59. The van der Waals surface area contributed by atoms with Crippen molar-refractivity contribution in [3.8, 4) is 11.1 Å². The lowest BCUT2D eigenvalue weighted by atomic mass is 10.00. The molecule has 6 heteroatoms. The van der Waals surface area contributed by atoms with Gasteiger partial charge in [-0.05, 0) is 56.0 Å². The van der Waals surface area contributed by atoms with Crippen LogP contribution in [0.25, 0.3) is 11.1 Å². The number of hydrogen-bond donors (Lipinski definition) is 1. The standard InChI is InChI=1S/C21H22F3NO2/c1-20(2,3)25(19(26)27)18-12-17(18)14-9-7-13(8-10-14)15-5-4-6-16(11-15)21(22,23)24/h4-11,17-18H,12H2,1-3H3,(H,26,27)/t17-,18+/m0/s1. The molecule has 1 fully saturated rings. The molecular weight excluding hydrogens is 355 g/mol. The smallest absolute Gasteiger partial charge is 0.416 e. The van der Waals surface area contributed by atoms with Gasteiger partial charge in [0, 0.05) is 17.5 Å². The molecule has 1 saturated carbocycles. The molecule has 3 rings (SSSR count). The zero-order valence-electron chi connectivity index (χ0n) is 15.4. The monoisotopic (exact) mass is 377 g/mol. The van der Waals surface area contributed by atoms with E-state index in [-0.39, 0.29) is 12.0 Å². The maximum atomic E-state index is 12.9. The molecule has 0 heterocycles. The fraction of sp³-hybridized carbons (Fsp3) is 0.381. The summed E-state index contributed by atoms with van der Waals surface area (Å²) in [7, 11) is 0. The van der Waals surface area contributed by atoms with E-state index in [9.17, 15) is 23.1 Å². The number of benzene rings is 2. The lowest BCUT2D eigenvalue weighted by Crippen LogP contribution is -2.46. The van der Waals surface area contributed by atoms with Gasteiger partial charge in [-0.3, -0.25) is 4.90 Å². The number of carbonyl (C=O) groups is 1. The van der Waals surface area contributed by atoms with Crippen molar-refractivity contribution >= 4 is 6.09 Å². The largest absolute Gasteiger partial charge is 0.465 e. The third-order valence-corrected chi connectivity index (χ3v) is 4.88. The van der Waals surface area contributed by atoms with E-state index in [2.05, 4.69) is 0 Å². The summed E-state index contributed by atoms with van der Waals surface area (Å²) in [5.41, 5.74) is 1.06. The number of nitrogens with zero attached hydrogens (tertiary/aromatic N) is 1. The lowest BCUT2D eigenvalue weighted by molar-refractivity contribution is -0.137. The normalized spacial score (nSPS) is 19.6. The molecule has 2 aromatic carbocycles. The van der Waals surface area contributed by atoms with Crippen molar-refractivity contribution in [1.29, 1.82) is 0 Å². The minimum Gasteiger partial charge on any atom is -0.465 e. The Balaban J connectivity index is 1.79. The van der Waals surface area contributed by atoms with Gasteiger partial charge in [0.1, 0.15) is 0 Å². The van der Waals surface area contributed by atoms with Gasteiger partial charge < -0.3 is 5.11 Å². The van der Waals surface area contributed by atoms with Crippen LogP contribution in [-0.2, 0) is 6.18 Å². The van der Waals surface area contributed by atoms with Crippen molar-refractivity contribution in [3.05, 3.63) is 59.7 Å². The Morgan fingerprint density at radius 3 is 2.19 bits per heavy atom. The molecular formula is C21H22F3NO2. The number of amides is 1. The second-order valence-corrected chi connectivity index (χ2v) is 7.93. The second-order valence-electron chi connectivity index (χ2n) is 7.93. The van der Waals surface area contributed by atoms with E-state index in [1.54, 1.807) is 18.2 Å². The topological polar surface area (TPSA) is 40.5 Å². The van der Waals surface area contributed by atoms with Crippen molar-refractivity contribution < 1.29 is 23.1 Å². The van der Waals surface area contributed by atoms with Crippen LogP contribution in [0.4, 0.5) is 18.0 Å². The molecule has 0 aliphatic heterocycles. The summed E-state index contributed by atoms with van der Waals surface area (Å²) in [6, 6.07) is 12.5. The molecule has 27 heavy (non-hydrogen) atoms. The van der Waals surface area contributed by atoms with E-state index < -0.39 is 23.4 Å². The summed E-state index contributed by atoms with van der Waals surface area (Å²) in [4.78, 5) is 13.1. The number of alkyl halides is 3. The first-order chi connectivity index (χ1) is 12.5. The Morgan fingerprint density at radius 1 is 1.04 bits per heavy atom. The minimum absolute atomic E-state index is 0.0677. The summed E-state index contributed by atoms with van der Waals surface area (Å²) in [6.45, 7) is 5.60. The predicted octanol–water partition coefficient (Wildman–Crippen LogP) is 6.01. The first-order valence-corrected chi connectivity index (χ1v) is 8.78. The summed E-state index contributed by atoms with van der Waals surface area (Å²) < 4.78 is 38.7. The number of halogens is 3. The lowest BCUT2D eigenvalue weighted by Gasteiger charge is -2.33. The fourth-order valence-corrected chi connectivity index (χ4v) is 3.55. The van der Waals surface area contributed by atoms with E-state index in [4.69, 9.17) is 0 Å². The van der Waals surface area contributed by atoms with Gasteiger partial charge in [0.05, 0.1) is 5.56 Å².